The molecule has 2 aromatic rings. The smallest absolute Gasteiger partial charge is 0.329 e. The molecule has 26 heavy (non-hydrogen) atoms. The van der Waals surface area contributed by atoms with E-state index < -0.39 is 11.8 Å². The average Bonchev–Trinajstić information content (AvgIpc) is 2.61. The minimum Gasteiger partial charge on any atom is -0.486 e. The summed E-state index contributed by atoms with van der Waals surface area (Å²) in [5.41, 5.74) is 4.78. The second-order valence-electron chi connectivity index (χ2n) is 5.37. The van der Waals surface area contributed by atoms with E-state index in [1.54, 1.807) is 12.1 Å². The molecule has 2 N–H and O–H groups in total. The number of hydrogen-bond donors (Lipinski definition) is 2. The molecule has 0 saturated carbocycles. The van der Waals surface area contributed by atoms with E-state index in [1.807, 2.05) is 31.2 Å². The van der Waals surface area contributed by atoms with Crippen LogP contribution in [-0.2, 0) is 16.2 Å². The monoisotopic (exact) mass is 393 g/mol. The molecule has 0 saturated heterocycles. The van der Waals surface area contributed by atoms with Crippen LogP contribution in [0.15, 0.2) is 41.5 Å². The molecular formula is C18H17Cl2N3O3. The van der Waals surface area contributed by atoms with Crippen molar-refractivity contribution < 1.29 is 14.3 Å². The number of amides is 2. The van der Waals surface area contributed by atoms with E-state index in [0.717, 1.165) is 11.1 Å². The number of carbonyl (C=O) groups is 2. The van der Waals surface area contributed by atoms with E-state index in [-0.39, 0.29) is 0 Å². The Labute approximate surface area is 161 Å². The first-order valence-corrected chi connectivity index (χ1v) is 8.39. The van der Waals surface area contributed by atoms with Crippen LogP contribution in [0, 0.1) is 6.92 Å². The lowest BCUT2D eigenvalue weighted by molar-refractivity contribution is -0.138. The summed E-state index contributed by atoms with van der Waals surface area (Å²) in [4.78, 5) is 22.3. The van der Waals surface area contributed by atoms with E-state index in [9.17, 15) is 9.59 Å². The van der Waals surface area contributed by atoms with Gasteiger partial charge in [-0.05, 0) is 30.2 Å². The molecular weight excluding hydrogens is 377 g/mol. The molecule has 2 amide bonds. The minimum absolute atomic E-state index is 0.309. The molecule has 0 aliphatic carbocycles. The maximum absolute atomic E-state index is 11.3. The number of nitrogens with zero attached hydrogens (tertiary/aromatic N) is 1. The van der Waals surface area contributed by atoms with Gasteiger partial charge in [0.15, 0.2) is 5.75 Å². The summed E-state index contributed by atoms with van der Waals surface area (Å²) in [5, 5.41) is 6.48. The lowest BCUT2D eigenvalue weighted by atomic mass is 10.2. The Kier molecular flexibility index (Phi) is 7.00. The lowest BCUT2D eigenvalue weighted by Crippen LogP contribution is -2.35. The zero-order valence-corrected chi connectivity index (χ0v) is 15.7. The first kappa shape index (κ1) is 19.8. The van der Waals surface area contributed by atoms with Crippen LogP contribution in [0.25, 0.3) is 0 Å². The second-order valence-corrected chi connectivity index (χ2v) is 6.18. The topological polar surface area (TPSA) is 79.8 Å². The summed E-state index contributed by atoms with van der Waals surface area (Å²) in [5.74, 6) is -1.31. The van der Waals surface area contributed by atoms with Gasteiger partial charge < -0.3 is 10.1 Å². The Bertz CT molecular complexity index is 813. The lowest BCUT2D eigenvalue weighted by Gasteiger charge is -2.11. The molecule has 0 fully saturated rings. The highest BCUT2D eigenvalue weighted by molar-refractivity contribution is 6.37. The predicted octanol–water partition coefficient (Wildman–Crippen LogP) is 3.08. The van der Waals surface area contributed by atoms with Crippen LogP contribution in [0.4, 0.5) is 0 Å². The van der Waals surface area contributed by atoms with Crippen molar-refractivity contribution in [2.24, 2.45) is 5.10 Å². The SMILES string of the molecule is CNC(=O)C(=O)N/N=C\c1cc(Cl)c(OCc2ccc(C)cc2)c(Cl)c1. The van der Waals surface area contributed by atoms with E-state index >= 15 is 0 Å². The Morgan fingerprint density at radius 3 is 2.31 bits per heavy atom. The molecule has 6 nitrogen and oxygen atoms in total. The molecule has 0 spiro atoms. The van der Waals surface area contributed by atoms with Crippen molar-refractivity contribution in [3.8, 4) is 5.75 Å². The number of likely N-dealkylation sites (N-methyl/N-ethyl adjacent to an activating group) is 1. The molecule has 0 atom stereocenters. The third-order valence-corrected chi connectivity index (χ3v) is 3.90. The van der Waals surface area contributed by atoms with Gasteiger partial charge in [0.1, 0.15) is 6.61 Å². The van der Waals surface area contributed by atoms with E-state index in [1.165, 1.54) is 13.3 Å². The number of hydrazone groups is 1. The van der Waals surface area contributed by atoms with Crippen LogP contribution in [0.5, 0.6) is 5.75 Å². The van der Waals surface area contributed by atoms with Crippen molar-refractivity contribution in [1.29, 1.82) is 0 Å². The molecule has 0 radical (unpaired) electrons. The van der Waals surface area contributed by atoms with Crippen molar-refractivity contribution in [3.63, 3.8) is 0 Å². The summed E-state index contributed by atoms with van der Waals surface area (Å²) in [6.45, 7) is 2.34. The van der Waals surface area contributed by atoms with Gasteiger partial charge in [0.25, 0.3) is 0 Å². The second kappa shape index (κ2) is 9.22. The average molecular weight is 394 g/mol. The number of benzene rings is 2. The highest BCUT2D eigenvalue weighted by Gasteiger charge is 2.11. The number of hydrogen-bond acceptors (Lipinski definition) is 4. The van der Waals surface area contributed by atoms with Gasteiger partial charge in [-0.2, -0.15) is 5.10 Å². The van der Waals surface area contributed by atoms with Crippen LogP contribution >= 0.6 is 23.2 Å². The largest absolute Gasteiger partial charge is 0.486 e. The molecule has 0 unspecified atom stereocenters. The number of carbonyl (C=O) groups excluding carboxylic acids is 2. The summed E-state index contributed by atoms with van der Waals surface area (Å²) < 4.78 is 5.71. The Hall–Kier alpha value is -2.57. The Balaban J connectivity index is 2.04. The quantitative estimate of drug-likeness (QED) is 0.465. The van der Waals surface area contributed by atoms with Crippen LogP contribution in [0.2, 0.25) is 10.0 Å². The zero-order chi connectivity index (χ0) is 19.1. The maximum atomic E-state index is 11.3. The highest BCUT2D eigenvalue weighted by Crippen LogP contribution is 2.34. The van der Waals surface area contributed by atoms with Crippen LogP contribution in [0.1, 0.15) is 16.7 Å². The fourth-order valence-electron chi connectivity index (χ4n) is 1.96. The first-order chi connectivity index (χ1) is 12.4. The van der Waals surface area contributed by atoms with E-state index in [0.29, 0.717) is 28.0 Å². The summed E-state index contributed by atoms with van der Waals surface area (Å²) in [7, 11) is 1.35. The summed E-state index contributed by atoms with van der Waals surface area (Å²) in [6.07, 6.45) is 1.32. The number of halogens is 2. The highest BCUT2D eigenvalue weighted by atomic mass is 35.5. The van der Waals surface area contributed by atoms with Gasteiger partial charge in [0, 0.05) is 7.05 Å². The van der Waals surface area contributed by atoms with Crippen LogP contribution < -0.4 is 15.5 Å². The van der Waals surface area contributed by atoms with Crippen LogP contribution in [-0.4, -0.2) is 25.1 Å². The molecule has 0 bridgehead atoms. The van der Waals surface area contributed by atoms with Crippen molar-refractivity contribution in [1.82, 2.24) is 10.7 Å². The van der Waals surface area contributed by atoms with Crippen LogP contribution in [0.3, 0.4) is 0 Å². The van der Waals surface area contributed by atoms with Gasteiger partial charge in [-0.3, -0.25) is 9.59 Å². The Morgan fingerprint density at radius 1 is 1.12 bits per heavy atom. The van der Waals surface area contributed by atoms with Gasteiger partial charge in [0.05, 0.1) is 16.3 Å². The van der Waals surface area contributed by atoms with E-state index in [2.05, 4.69) is 15.8 Å². The molecule has 0 heterocycles. The number of aryl methyl sites for hydroxylation is 1. The first-order valence-electron chi connectivity index (χ1n) is 7.63. The maximum Gasteiger partial charge on any atom is 0.329 e. The molecule has 0 aliphatic rings. The van der Waals surface area contributed by atoms with Crippen molar-refractivity contribution in [3.05, 3.63) is 63.1 Å². The molecule has 136 valence electrons. The van der Waals surface area contributed by atoms with Gasteiger partial charge in [-0.1, -0.05) is 53.0 Å². The van der Waals surface area contributed by atoms with Crippen molar-refractivity contribution in [2.75, 3.05) is 7.05 Å². The van der Waals surface area contributed by atoms with Crippen molar-refractivity contribution >= 4 is 41.2 Å². The fraction of sp³-hybridized carbons (Fsp3) is 0.167. The zero-order valence-electron chi connectivity index (χ0n) is 14.2. The number of ether oxygens (including phenoxy) is 1. The normalized spacial score (nSPS) is 10.6. The summed E-state index contributed by atoms with van der Waals surface area (Å²) >= 11 is 12.4. The number of rotatable bonds is 5. The van der Waals surface area contributed by atoms with Gasteiger partial charge >= 0.3 is 11.8 Å². The van der Waals surface area contributed by atoms with Gasteiger partial charge in [0.2, 0.25) is 0 Å². The standard InChI is InChI=1S/C18H17Cl2N3O3/c1-11-3-5-12(6-4-11)10-26-16-14(19)7-13(8-15(16)20)9-22-23-18(25)17(24)21-2/h3-9H,10H2,1-2H3,(H,21,24)(H,23,25)/b22-9-. The molecule has 0 aliphatic heterocycles. The fourth-order valence-corrected chi connectivity index (χ4v) is 2.57. The molecule has 2 aromatic carbocycles. The molecule has 2 rings (SSSR count). The minimum atomic E-state index is -0.876. The third kappa shape index (κ3) is 5.47. The molecule has 8 heteroatoms. The predicted molar refractivity (Wildman–Crippen MR) is 102 cm³/mol. The van der Waals surface area contributed by atoms with Gasteiger partial charge in [-0.25, -0.2) is 5.43 Å². The molecule has 0 aromatic heterocycles. The van der Waals surface area contributed by atoms with Crippen molar-refractivity contribution in [2.45, 2.75) is 13.5 Å². The summed E-state index contributed by atoms with van der Waals surface area (Å²) in [6, 6.07) is 11.1. The van der Waals surface area contributed by atoms with E-state index in [4.69, 9.17) is 27.9 Å². The third-order valence-electron chi connectivity index (χ3n) is 3.34. The number of nitrogens with one attached hydrogen (secondary N) is 2. The van der Waals surface area contributed by atoms with Gasteiger partial charge in [-0.15, -0.1) is 0 Å². The Morgan fingerprint density at radius 2 is 1.73 bits per heavy atom.